The number of unbranched alkanes of at least 4 members (excludes halogenated alkanes) is 1. The van der Waals surface area contributed by atoms with Gasteiger partial charge in [-0.3, -0.25) is 0 Å². The van der Waals surface area contributed by atoms with Crippen molar-refractivity contribution in [3.05, 3.63) is 34.9 Å². The van der Waals surface area contributed by atoms with Crippen LogP contribution in [0.5, 0.6) is 5.75 Å². The third kappa shape index (κ3) is 3.86. The number of aryl methyl sites for hydroxylation is 1. The van der Waals surface area contributed by atoms with E-state index in [0.29, 0.717) is 11.3 Å². The van der Waals surface area contributed by atoms with E-state index in [1.54, 1.807) is 7.11 Å². The average molecular weight is 273 g/mol. The molecular formula is C16H19NO3. The fraction of sp³-hybridized carbons (Fsp3) is 0.375. The molecule has 0 N–H and O–H groups in total. The molecular weight excluding hydrogens is 254 g/mol. The van der Waals surface area contributed by atoms with Crippen molar-refractivity contribution in [1.82, 2.24) is 0 Å². The molecule has 20 heavy (non-hydrogen) atoms. The van der Waals surface area contributed by atoms with E-state index in [1.807, 2.05) is 24.3 Å². The van der Waals surface area contributed by atoms with Gasteiger partial charge in [0.1, 0.15) is 17.4 Å². The van der Waals surface area contributed by atoms with Gasteiger partial charge in [0.15, 0.2) is 0 Å². The predicted molar refractivity (Wildman–Crippen MR) is 77.2 cm³/mol. The molecule has 0 aliphatic rings. The van der Waals surface area contributed by atoms with Gasteiger partial charge in [0.25, 0.3) is 0 Å². The second kappa shape index (κ2) is 8.00. The summed E-state index contributed by atoms with van der Waals surface area (Å²) in [6, 6.07) is 7.55. The van der Waals surface area contributed by atoms with Crippen LogP contribution in [-0.4, -0.2) is 20.2 Å². The van der Waals surface area contributed by atoms with Crippen molar-refractivity contribution < 1.29 is 14.3 Å². The lowest BCUT2D eigenvalue weighted by Crippen LogP contribution is -2.03. The summed E-state index contributed by atoms with van der Waals surface area (Å²) < 4.78 is 10.00. The van der Waals surface area contributed by atoms with Crippen LogP contribution in [0.1, 0.15) is 30.9 Å². The van der Waals surface area contributed by atoms with Crippen LogP contribution in [0, 0.1) is 11.3 Å². The van der Waals surface area contributed by atoms with Gasteiger partial charge in [-0.05, 0) is 24.5 Å². The number of para-hydroxylation sites is 1. The van der Waals surface area contributed by atoms with Gasteiger partial charge in [-0.15, -0.1) is 0 Å². The van der Waals surface area contributed by atoms with Crippen LogP contribution >= 0.6 is 0 Å². The molecule has 4 nitrogen and oxygen atoms in total. The van der Waals surface area contributed by atoms with E-state index in [-0.39, 0.29) is 5.57 Å². The Kier molecular flexibility index (Phi) is 6.31. The van der Waals surface area contributed by atoms with Gasteiger partial charge in [0, 0.05) is 5.56 Å². The highest BCUT2D eigenvalue weighted by molar-refractivity contribution is 5.98. The van der Waals surface area contributed by atoms with Gasteiger partial charge >= 0.3 is 5.97 Å². The zero-order valence-electron chi connectivity index (χ0n) is 12.1. The summed E-state index contributed by atoms with van der Waals surface area (Å²) in [5.41, 5.74) is 1.74. The van der Waals surface area contributed by atoms with Crippen LogP contribution in [0.25, 0.3) is 6.08 Å². The van der Waals surface area contributed by atoms with Crippen molar-refractivity contribution in [1.29, 1.82) is 5.26 Å². The molecule has 1 aromatic rings. The lowest BCUT2D eigenvalue weighted by molar-refractivity contribution is -0.135. The molecule has 0 spiro atoms. The van der Waals surface area contributed by atoms with Crippen molar-refractivity contribution in [3.8, 4) is 11.8 Å². The molecule has 0 aliphatic heterocycles. The van der Waals surface area contributed by atoms with Crippen molar-refractivity contribution in [3.63, 3.8) is 0 Å². The van der Waals surface area contributed by atoms with Gasteiger partial charge in [0.2, 0.25) is 0 Å². The Morgan fingerprint density at radius 2 is 2.15 bits per heavy atom. The molecule has 0 radical (unpaired) electrons. The molecule has 1 rings (SSSR count). The number of carbonyl (C=O) groups excluding carboxylic acids is 1. The van der Waals surface area contributed by atoms with Crippen molar-refractivity contribution in [2.24, 2.45) is 0 Å². The third-order valence-corrected chi connectivity index (χ3v) is 2.96. The Balaban J connectivity index is 3.21. The van der Waals surface area contributed by atoms with Crippen LogP contribution < -0.4 is 4.74 Å². The second-order valence-corrected chi connectivity index (χ2v) is 4.30. The van der Waals surface area contributed by atoms with Crippen LogP contribution in [0.15, 0.2) is 23.8 Å². The van der Waals surface area contributed by atoms with E-state index >= 15 is 0 Å². The second-order valence-electron chi connectivity index (χ2n) is 4.30. The summed E-state index contributed by atoms with van der Waals surface area (Å²) in [5.74, 6) is 0.0612. The SMILES string of the molecule is CCCCc1cccc(C=C(C#N)C(=O)OC)c1OC. The van der Waals surface area contributed by atoms with E-state index in [9.17, 15) is 4.79 Å². The van der Waals surface area contributed by atoms with Crippen LogP contribution in [0.4, 0.5) is 0 Å². The summed E-state index contributed by atoms with van der Waals surface area (Å²) >= 11 is 0. The van der Waals surface area contributed by atoms with Crippen LogP contribution in [0.3, 0.4) is 0 Å². The molecule has 0 bridgehead atoms. The summed E-state index contributed by atoms with van der Waals surface area (Å²) in [6.45, 7) is 2.13. The van der Waals surface area contributed by atoms with Crippen molar-refractivity contribution >= 4 is 12.0 Å². The first-order valence-electron chi connectivity index (χ1n) is 6.53. The quantitative estimate of drug-likeness (QED) is 0.454. The third-order valence-electron chi connectivity index (χ3n) is 2.96. The number of esters is 1. The lowest BCUT2D eigenvalue weighted by atomic mass is 10.0. The zero-order valence-corrected chi connectivity index (χ0v) is 12.1. The largest absolute Gasteiger partial charge is 0.496 e. The maximum Gasteiger partial charge on any atom is 0.348 e. The molecule has 0 atom stereocenters. The molecule has 0 heterocycles. The lowest BCUT2D eigenvalue weighted by Gasteiger charge is -2.11. The summed E-state index contributed by atoms with van der Waals surface area (Å²) in [7, 11) is 2.84. The minimum absolute atomic E-state index is 0.0431. The van der Waals surface area contributed by atoms with Crippen LogP contribution in [-0.2, 0) is 16.0 Å². The maximum atomic E-state index is 11.5. The fourth-order valence-corrected chi connectivity index (χ4v) is 1.93. The number of nitriles is 1. The molecule has 106 valence electrons. The first-order chi connectivity index (χ1) is 9.67. The molecule has 0 aromatic heterocycles. The number of methoxy groups -OCH3 is 2. The standard InChI is InChI=1S/C16H19NO3/c1-4-5-7-12-8-6-9-13(15(12)19-2)10-14(11-17)16(18)20-3/h6,8-10H,4-5,7H2,1-3H3. The molecule has 0 fully saturated rings. The van der Waals surface area contributed by atoms with E-state index in [4.69, 9.17) is 10.00 Å². The van der Waals surface area contributed by atoms with Crippen molar-refractivity contribution in [2.75, 3.05) is 14.2 Å². The molecule has 0 aliphatic carbocycles. The van der Waals surface area contributed by atoms with Gasteiger partial charge in [-0.25, -0.2) is 4.79 Å². The molecule has 4 heteroatoms. The number of rotatable bonds is 6. The Bertz CT molecular complexity index is 541. The number of hydrogen-bond acceptors (Lipinski definition) is 4. The maximum absolute atomic E-state index is 11.5. The highest BCUT2D eigenvalue weighted by Crippen LogP contribution is 2.27. The van der Waals surface area contributed by atoms with E-state index in [2.05, 4.69) is 11.7 Å². The van der Waals surface area contributed by atoms with Crippen molar-refractivity contribution in [2.45, 2.75) is 26.2 Å². The van der Waals surface area contributed by atoms with Gasteiger partial charge < -0.3 is 9.47 Å². The first kappa shape index (κ1) is 15.8. The number of nitrogens with zero attached hydrogens (tertiary/aromatic N) is 1. The van der Waals surface area contributed by atoms with E-state index in [1.165, 1.54) is 13.2 Å². The minimum Gasteiger partial charge on any atom is -0.496 e. The Labute approximate surface area is 119 Å². The molecule has 0 unspecified atom stereocenters. The van der Waals surface area contributed by atoms with E-state index < -0.39 is 5.97 Å². The summed E-state index contributed by atoms with van der Waals surface area (Å²) in [5, 5.41) is 9.00. The first-order valence-corrected chi connectivity index (χ1v) is 6.53. The normalized spacial score (nSPS) is 10.8. The smallest absolute Gasteiger partial charge is 0.348 e. The molecule has 0 amide bonds. The van der Waals surface area contributed by atoms with Gasteiger partial charge in [-0.2, -0.15) is 5.26 Å². The minimum atomic E-state index is -0.645. The summed E-state index contributed by atoms with van der Waals surface area (Å²) in [4.78, 5) is 11.5. The van der Waals surface area contributed by atoms with Crippen LogP contribution in [0.2, 0.25) is 0 Å². The van der Waals surface area contributed by atoms with E-state index in [0.717, 1.165) is 24.8 Å². The zero-order chi connectivity index (χ0) is 15.0. The highest BCUT2D eigenvalue weighted by atomic mass is 16.5. The molecule has 1 aromatic carbocycles. The van der Waals surface area contributed by atoms with Gasteiger partial charge in [0.05, 0.1) is 14.2 Å². The monoisotopic (exact) mass is 273 g/mol. The topological polar surface area (TPSA) is 59.3 Å². The Hall–Kier alpha value is -2.28. The molecule has 0 saturated heterocycles. The number of carbonyl (C=O) groups is 1. The van der Waals surface area contributed by atoms with Gasteiger partial charge in [-0.1, -0.05) is 31.5 Å². The Morgan fingerprint density at radius 1 is 1.40 bits per heavy atom. The molecule has 0 saturated carbocycles. The number of benzene rings is 1. The fourth-order valence-electron chi connectivity index (χ4n) is 1.93. The highest BCUT2D eigenvalue weighted by Gasteiger charge is 2.12. The Morgan fingerprint density at radius 3 is 2.70 bits per heavy atom. The number of ether oxygens (including phenoxy) is 2. The number of hydrogen-bond donors (Lipinski definition) is 0. The predicted octanol–water partition coefficient (Wildman–Crippen LogP) is 3.12. The average Bonchev–Trinajstić information content (AvgIpc) is 2.49. The summed E-state index contributed by atoms with van der Waals surface area (Å²) in [6.07, 6.45) is 4.56.